The van der Waals surface area contributed by atoms with Crippen LogP contribution in [0.2, 0.25) is 10.0 Å². The van der Waals surface area contributed by atoms with Crippen molar-refractivity contribution in [2.75, 3.05) is 6.61 Å². The number of hydrogen-bond acceptors (Lipinski definition) is 4. The second-order valence-electron chi connectivity index (χ2n) is 5.21. The molecule has 0 aliphatic heterocycles. The normalized spacial score (nSPS) is 21.3. The van der Waals surface area contributed by atoms with E-state index in [1.165, 1.54) is 0 Å². The van der Waals surface area contributed by atoms with Crippen molar-refractivity contribution >= 4 is 23.2 Å². The van der Waals surface area contributed by atoms with Gasteiger partial charge in [0, 0.05) is 29.0 Å². The Kier molecular flexibility index (Phi) is 4.48. The summed E-state index contributed by atoms with van der Waals surface area (Å²) in [4.78, 5) is 4.46. The summed E-state index contributed by atoms with van der Waals surface area (Å²) in [6, 6.07) is 5.37. The highest BCUT2D eigenvalue weighted by atomic mass is 35.5. The third kappa shape index (κ3) is 3.39. The van der Waals surface area contributed by atoms with Gasteiger partial charge in [-0.05, 0) is 43.5 Å². The molecular weight excluding hydrogens is 311 g/mol. The van der Waals surface area contributed by atoms with Crippen LogP contribution in [0.3, 0.4) is 0 Å². The van der Waals surface area contributed by atoms with E-state index >= 15 is 0 Å². The molecule has 1 aromatic heterocycles. The predicted octanol–water partition coefficient (Wildman–Crippen LogP) is 4.25. The lowest BCUT2D eigenvalue weighted by Gasteiger charge is -2.32. The molecule has 112 valence electrons. The van der Waals surface area contributed by atoms with Crippen molar-refractivity contribution in [3.63, 3.8) is 0 Å². The molecule has 1 heterocycles. The second-order valence-corrected chi connectivity index (χ2v) is 6.05. The molecule has 1 aliphatic rings. The van der Waals surface area contributed by atoms with Crippen LogP contribution in [0.5, 0.6) is 0 Å². The number of halogens is 2. The average Bonchev–Trinajstić information content (AvgIpc) is 2.86. The maximum absolute atomic E-state index is 6.15. The summed E-state index contributed by atoms with van der Waals surface area (Å²) in [5.74, 6) is 1.64. The third-order valence-electron chi connectivity index (χ3n) is 3.69. The van der Waals surface area contributed by atoms with Crippen LogP contribution in [0.1, 0.15) is 43.0 Å². The highest BCUT2D eigenvalue weighted by molar-refractivity contribution is 6.33. The molecule has 1 aromatic carbocycles. The smallest absolute Gasteiger partial charge is 0.229 e. The van der Waals surface area contributed by atoms with Gasteiger partial charge in [0.05, 0.1) is 6.10 Å². The second kappa shape index (κ2) is 6.34. The lowest BCUT2D eigenvalue weighted by atomic mass is 9.82. The van der Waals surface area contributed by atoms with Crippen LogP contribution in [0.15, 0.2) is 22.7 Å². The van der Waals surface area contributed by atoms with Crippen molar-refractivity contribution < 1.29 is 9.26 Å². The average molecular weight is 327 g/mol. The van der Waals surface area contributed by atoms with Crippen molar-refractivity contribution in [1.29, 1.82) is 0 Å². The highest BCUT2D eigenvalue weighted by Gasteiger charge is 2.34. The minimum Gasteiger partial charge on any atom is -0.378 e. The molecule has 0 spiro atoms. The first-order chi connectivity index (χ1) is 10.2. The standard InChI is InChI=1S/C15H16Cl2N2O2/c1-2-20-12-6-10(7-12)15-18-14(19-21-15)8-9-5-11(16)3-4-13(9)17/h3-5,10,12H,2,6-8H2,1H3. The first kappa shape index (κ1) is 14.8. The number of ether oxygens (including phenoxy) is 1. The summed E-state index contributed by atoms with van der Waals surface area (Å²) in [6.07, 6.45) is 2.75. The van der Waals surface area contributed by atoms with E-state index in [1.807, 2.05) is 13.0 Å². The molecule has 0 atom stereocenters. The van der Waals surface area contributed by atoms with Gasteiger partial charge in [0.2, 0.25) is 5.89 Å². The summed E-state index contributed by atoms with van der Waals surface area (Å²) in [5.41, 5.74) is 0.900. The van der Waals surface area contributed by atoms with Crippen molar-refractivity contribution in [2.45, 2.75) is 38.2 Å². The van der Waals surface area contributed by atoms with Gasteiger partial charge in [-0.2, -0.15) is 4.98 Å². The molecular formula is C15H16Cl2N2O2. The van der Waals surface area contributed by atoms with Gasteiger partial charge in [-0.15, -0.1) is 0 Å². The number of nitrogens with zero attached hydrogens (tertiary/aromatic N) is 2. The SMILES string of the molecule is CCOC1CC(c2nc(Cc3cc(Cl)ccc3Cl)no2)C1. The minimum atomic E-state index is 0.317. The molecule has 4 nitrogen and oxygen atoms in total. The molecule has 21 heavy (non-hydrogen) atoms. The quantitative estimate of drug-likeness (QED) is 0.824. The van der Waals surface area contributed by atoms with Crippen molar-refractivity contribution in [2.24, 2.45) is 0 Å². The number of aromatic nitrogens is 2. The zero-order valence-electron chi connectivity index (χ0n) is 11.7. The van der Waals surface area contributed by atoms with Gasteiger partial charge in [-0.25, -0.2) is 0 Å². The van der Waals surface area contributed by atoms with E-state index < -0.39 is 0 Å². The fraction of sp³-hybridized carbons (Fsp3) is 0.467. The monoisotopic (exact) mass is 326 g/mol. The van der Waals surface area contributed by atoms with Gasteiger partial charge < -0.3 is 9.26 Å². The highest BCUT2D eigenvalue weighted by Crippen LogP contribution is 2.37. The van der Waals surface area contributed by atoms with Crippen LogP contribution in [-0.4, -0.2) is 22.9 Å². The van der Waals surface area contributed by atoms with E-state index in [4.69, 9.17) is 32.5 Å². The molecule has 0 radical (unpaired) electrons. The molecule has 1 fully saturated rings. The lowest BCUT2D eigenvalue weighted by molar-refractivity contribution is -0.00961. The van der Waals surface area contributed by atoms with Gasteiger partial charge in [-0.3, -0.25) is 0 Å². The Morgan fingerprint density at radius 1 is 1.33 bits per heavy atom. The number of rotatable bonds is 5. The van der Waals surface area contributed by atoms with Crippen LogP contribution in [0.4, 0.5) is 0 Å². The number of hydrogen-bond donors (Lipinski definition) is 0. The van der Waals surface area contributed by atoms with Gasteiger partial charge in [0.25, 0.3) is 0 Å². The van der Waals surface area contributed by atoms with E-state index in [0.29, 0.717) is 40.2 Å². The van der Waals surface area contributed by atoms with Crippen LogP contribution in [-0.2, 0) is 11.2 Å². The van der Waals surface area contributed by atoms with Crippen LogP contribution >= 0.6 is 23.2 Å². The number of benzene rings is 1. The molecule has 3 rings (SSSR count). The van der Waals surface area contributed by atoms with Crippen molar-refractivity contribution in [3.8, 4) is 0 Å². The van der Waals surface area contributed by atoms with E-state index in [9.17, 15) is 0 Å². The molecule has 2 aromatic rings. The van der Waals surface area contributed by atoms with E-state index in [-0.39, 0.29) is 0 Å². The maximum Gasteiger partial charge on any atom is 0.229 e. The fourth-order valence-corrected chi connectivity index (χ4v) is 2.87. The zero-order chi connectivity index (χ0) is 14.8. The van der Waals surface area contributed by atoms with Gasteiger partial charge >= 0.3 is 0 Å². The van der Waals surface area contributed by atoms with E-state index in [1.54, 1.807) is 12.1 Å². The largest absolute Gasteiger partial charge is 0.378 e. The summed E-state index contributed by atoms with van der Waals surface area (Å²) >= 11 is 12.1. The summed E-state index contributed by atoms with van der Waals surface area (Å²) < 4.78 is 10.9. The molecule has 1 saturated carbocycles. The summed E-state index contributed by atoms with van der Waals surface area (Å²) in [5, 5.41) is 5.34. The zero-order valence-corrected chi connectivity index (χ0v) is 13.2. The minimum absolute atomic E-state index is 0.317. The molecule has 0 saturated heterocycles. The maximum atomic E-state index is 6.15. The molecule has 0 bridgehead atoms. The Balaban J connectivity index is 1.64. The predicted molar refractivity (Wildman–Crippen MR) is 81.0 cm³/mol. The first-order valence-corrected chi connectivity index (χ1v) is 7.79. The Morgan fingerprint density at radius 3 is 2.90 bits per heavy atom. The summed E-state index contributed by atoms with van der Waals surface area (Å²) in [6.45, 7) is 2.76. The van der Waals surface area contributed by atoms with Crippen LogP contribution in [0, 0.1) is 0 Å². The first-order valence-electron chi connectivity index (χ1n) is 7.03. The van der Waals surface area contributed by atoms with Gasteiger partial charge in [-0.1, -0.05) is 28.4 Å². The Morgan fingerprint density at radius 2 is 2.14 bits per heavy atom. The van der Waals surface area contributed by atoms with Gasteiger partial charge in [0.1, 0.15) is 0 Å². The molecule has 1 aliphatic carbocycles. The Hall–Kier alpha value is -1.10. The topological polar surface area (TPSA) is 48.2 Å². The molecule has 6 heteroatoms. The van der Waals surface area contributed by atoms with Crippen LogP contribution < -0.4 is 0 Å². The lowest BCUT2D eigenvalue weighted by Crippen LogP contribution is -2.29. The molecule has 0 unspecified atom stereocenters. The van der Waals surface area contributed by atoms with Crippen LogP contribution in [0.25, 0.3) is 0 Å². The molecule has 0 amide bonds. The van der Waals surface area contributed by atoms with E-state index in [2.05, 4.69) is 10.1 Å². The van der Waals surface area contributed by atoms with Crippen molar-refractivity contribution in [3.05, 3.63) is 45.5 Å². The Bertz CT molecular complexity index is 624. The van der Waals surface area contributed by atoms with E-state index in [0.717, 1.165) is 25.0 Å². The Labute approximate surface area is 133 Å². The fourth-order valence-electron chi connectivity index (χ4n) is 2.49. The van der Waals surface area contributed by atoms with Crippen molar-refractivity contribution in [1.82, 2.24) is 10.1 Å². The van der Waals surface area contributed by atoms with Gasteiger partial charge in [0.15, 0.2) is 5.82 Å². The summed E-state index contributed by atoms with van der Waals surface area (Å²) in [7, 11) is 0. The molecule has 0 N–H and O–H groups in total. The third-order valence-corrected chi connectivity index (χ3v) is 4.29.